The largest absolute Gasteiger partial charge is 0.505 e. The Kier molecular flexibility index (Phi) is 12.3. The molecule has 0 radical (unpaired) electrons. The fourth-order valence-electron chi connectivity index (χ4n) is 8.59. The lowest BCUT2D eigenvalue weighted by Crippen LogP contribution is -2.18. The Morgan fingerprint density at radius 1 is 0.388 bits per heavy atom. The molecule has 0 spiro atoms. The summed E-state index contributed by atoms with van der Waals surface area (Å²) in [6.45, 7) is 3.62. The maximum absolute atomic E-state index is 15.2. The summed E-state index contributed by atoms with van der Waals surface area (Å²) in [4.78, 5) is 3.30. The molecule has 9 rings (SSSR count). The van der Waals surface area contributed by atoms with Gasteiger partial charge in [-0.3, -0.25) is 0 Å². The Labute approximate surface area is 383 Å². The highest BCUT2D eigenvalue weighted by Gasteiger charge is 2.31. The highest BCUT2D eigenvalue weighted by molar-refractivity contribution is 5.90. The maximum atomic E-state index is 15.2. The van der Waals surface area contributed by atoms with E-state index in [1.807, 2.05) is 13.8 Å². The second kappa shape index (κ2) is 18.6. The van der Waals surface area contributed by atoms with Gasteiger partial charge in [-0.05, 0) is 196 Å². The monoisotopic (exact) mass is 908 g/mol. The quantitative estimate of drug-likeness (QED) is 0.119. The average molecular weight is 909 g/mol. The first-order valence-electron chi connectivity index (χ1n) is 21.5. The second-order valence-corrected chi connectivity index (χ2v) is 16.5. The van der Waals surface area contributed by atoms with E-state index in [2.05, 4.69) is 0 Å². The molecule has 0 saturated heterocycles. The van der Waals surface area contributed by atoms with Crippen molar-refractivity contribution in [2.75, 3.05) is 9.80 Å². The zero-order valence-corrected chi connectivity index (χ0v) is 36.2. The van der Waals surface area contributed by atoms with E-state index < -0.39 is 47.1 Å². The Bertz CT molecular complexity index is 2780. The number of phenols is 2. The lowest BCUT2D eigenvalue weighted by atomic mass is 9.98. The molecule has 1 saturated carbocycles. The van der Waals surface area contributed by atoms with E-state index in [1.54, 1.807) is 34.1 Å². The van der Waals surface area contributed by atoms with E-state index in [0.29, 0.717) is 64.6 Å². The molecular weight excluding hydrogens is 867 g/mol. The fourth-order valence-corrected chi connectivity index (χ4v) is 8.59. The van der Waals surface area contributed by atoms with E-state index in [4.69, 9.17) is 9.47 Å². The average Bonchev–Trinajstić information content (AvgIpc) is 3.76. The third kappa shape index (κ3) is 9.46. The molecular formula is C55H42F6N2O4. The van der Waals surface area contributed by atoms with Crippen LogP contribution in [-0.4, -0.2) is 22.4 Å². The number of rotatable bonds is 12. The highest BCUT2D eigenvalue weighted by atomic mass is 19.1. The summed E-state index contributed by atoms with van der Waals surface area (Å²) in [6.07, 6.45) is 0.554. The number of hydrogen-bond donors (Lipinski definition) is 2. The lowest BCUT2D eigenvalue weighted by Gasteiger charge is -2.28. The van der Waals surface area contributed by atoms with Crippen molar-refractivity contribution in [2.24, 2.45) is 0 Å². The molecule has 0 unspecified atom stereocenters. The molecule has 67 heavy (non-hydrogen) atoms. The normalized spacial score (nSPS) is 14.5. The minimum Gasteiger partial charge on any atom is -0.505 e. The van der Waals surface area contributed by atoms with Crippen molar-refractivity contribution in [3.05, 3.63) is 204 Å². The molecule has 2 N–H and O–H groups in total. The first-order chi connectivity index (χ1) is 32.3. The van der Waals surface area contributed by atoms with Crippen LogP contribution in [0.4, 0.5) is 60.5 Å². The predicted molar refractivity (Wildman–Crippen MR) is 248 cm³/mol. The molecule has 8 aromatic rings. The van der Waals surface area contributed by atoms with Gasteiger partial charge < -0.3 is 29.5 Å². The summed E-state index contributed by atoms with van der Waals surface area (Å²) in [7, 11) is 0. The number of nitrogens with zero attached hydrogens (tertiary/aromatic N) is 2. The van der Waals surface area contributed by atoms with Gasteiger partial charge in [0.15, 0.2) is 0 Å². The number of benzene rings is 8. The van der Waals surface area contributed by atoms with Crippen molar-refractivity contribution in [3.63, 3.8) is 0 Å². The van der Waals surface area contributed by atoms with Gasteiger partial charge >= 0.3 is 0 Å². The van der Waals surface area contributed by atoms with Gasteiger partial charge in [0.2, 0.25) is 0 Å². The van der Waals surface area contributed by atoms with Gasteiger partial charge in [-0.15, -0.1) is 0 Å². The molecule has 0 aliphatic heterocycles. The zero-order valence-electron chi connectivity index (χ0n) is 36.2. The van der Waals surface area contributed by atoms with Crippen LogP contribution in [-0.2, 0) is 0 Å². The van der Waals surface area contributed by atoms with Crippen LogP contribution in [0.3, 0.4) is 0 Å². The Morgan fingerprint density at radius 3 is 1.00 bits per heavy atom. The number of phenolic OH excluding ortho intramolecular Hbond substituents is 2. The summed E-state index contributed by atoms with van der Waals surface area (Å²) in [5, 5.41) is 24.1. The molecule has 8 aromatic carbocycles. The number of aromatic hydroxyl groups is 2. The first kappa shape index (κ1) is 44.3. The second-order valence-electron chi connectivity index (χ2n) is 16.5. The first-order valence-corrected chi connectivity index (χ1v) is 21.5. The van der Waals surface area contributed by atoms with E-state index >= 15 is 8.78 Å². The van der Waals surface area contributed by atoms with Crippen molar-refractivity contribution in [1.82, 2.24) is 0 Å². The molecule has 1 aliphatic carbocycles. The van der Waals surface area contributed by atoms with E-state index in [-0.39, 0.29) is 45.1 Å². The van der Waals surface area contributed by atoms with Crippen molar-refractivity contribution in [1.29, 1.82) is 0 Å². The molecule has 0 bridgehead atoms. The number of halogens is 6. The summed E-state index contributed by atoms with van der Waals surface area (Å²) in [5.41, 5.74) is 4.92. The molecule has 12 heteroatoms. The van der Waals surface area contributed by atoms with Crippen molar-refractivity contribution < 1.29 is 46.0 Å². The van der Waals surface area contributed by atoms with Gasteiger partial charge in [0.1, 0.15) is 70.1 Å². The van der Waals surface area contributed by atoms with Gasteiger partial charge in [0.05, 0.1) is 11.4 Å². The van der Waals surface area contributed by atoms with Crippen molar-refractivity contribution >= 4 is 34.1 Å². The van der Waals surface area contributed by atoms with Crippen LogP contribution in [0.15, 0.2) is 158 Å². The number of anilines is 6. The maximum Gasteiger partial charge on any atom is 0.147 e. The Hall–Kier alpha value is -7.86. The molecule has 0 amide bonds. The van der Waals surface area contributed by atoms with E-state index in [0.717, 1.165) is 0 Å². The van der Waals surface area contributed by atoms with Gasteiger partial charge in [-0.1, -0.05) is 0 Å². The minimum absolute atomic E-state index is 0.229. The summed E-state index contributed by atoms with van der Waals surface area (Å²) in [6, 6.07) is 37.4. The van der Waals surface area contributed by atoms with Crippen LogP contribution in [0.2, 0.25) is 0 Å². The molecule has 0 heterocycles. The summed E-state index contributed by atoms with van der Waals surface area (Å²) < 4.78 is 99.8. The van der Waals surface area contributed by atoms with E-state index in [1.165, 1.54) is 133 Å². The third-order valence-electron chi connectivity index (χ3n) is 11.7. The molecule has 2 atom stereocenters. The van der Waals surface area contributed by atoms with Crippen LogP contribution in [0.1, 0.15) is 30.4 Å². The molecule has 338 valence electrons. The third-order valence-corrected chi connectivity index (χ3v) is 11.7. The van der Waals surface area contributed by atoms with Gasteiger partial charge in [-0.2, -0.15) is 0 Å². The van der Waals surface area contributed by atoms with Crippen molar-refractivity contribution in [2.45, 2.75) is 45.3 Å². The van der Waals surface area contributed by atoms with Crippen LogP contribution in [0, 0.1) is 48.8 Å². The van der Waals surface area contributed by atoms with E-state index in [9.17, 15) is 27.8 Å². The molecule has 6 nitrogen and oxygen atoms in total. The van der Waals surface area contributed by atoms with Crippen LogP contribution >= 0.6 is 0 Å². The van der Waals surface area contributed by atoms with Crippen LogP contribution < -0.4 is 19.3 Å². The Balaban J connectivity index is 1.01. The fraction of sp³-hybridized carbons (Fsp3) is 0.127. The van der Waals surface area contributed by atoms with Crippen LogP contribution in [0.25, 0.3) is 22.3 Å². The van der Waals surface area contributed by atoms with Gasteiger partial charge in [0.25, 0.3) is 0 Å². The smallest absolute Gasteiger partial charge is 0.147 e. The molecule has 1 fully saturated rings. The number of ether oxygens (including phenoxy) is 2. The Morgan fingerprint density at radius 2 is 0.687 bits per heavy atom. The topological polar surface area (TPSA) is 65.4 Å². The van der Waals surface area contributed by atoms with Gasteiger partial charge in [-0.25, -0.2) is 26.3 Å². The zero-order chi connectivity index (χ0) is 46.9. The summed E-state index contributed by atoms with van der Waals surface area (Å²) in [5.74, 6) is -2.89. The minimum atomic E-state index is -0.573. The SMILES string of the molecule is Cc1cc(-c2cc(F)ccc2O[C@@H]2CC[C@H](Oc3ccc(F)cc3-c3cc(C)cc(N(c4ccc(F)cc4)c4ccc(F)cc4)c3O)C2)c(O)c(N(c2ccc(F)cc2)c2ccc(F)cc2)c1. The standard InChI is InChI=1S/C55H42F6N2O4/c1-32-25-48(54(64)50(27-32)62(40-13-3-34(56)4-14-40)41-15-5-35(57)6-16-41)46-29-38(60)11-23-52(46)66-44-21-22-45(31-44)67-53-24-12-39(61)30-47(53)49-26-33(2)28-51(55(49)65)63(42-17-7-36(58)8-18-42)43-19-9-37(59)10-20-43/h3-20,23-30,44-45,64-65H,21-22,31H2,1-2H3/t44-,45+. The van der Waals surface area contributed by atoms with Crippen molar-refractivity contribution in [3.8, 4) is 45.3 Å². The molecule has 1 aliphatic rings. The lowest BCUT2D eigenvalue weighted by molar-refractivity contribution is 0.166. The highest BCUT2D eigenvalue weighted by Crippen LogP contribution is 2.50. The number of aryl methyl sites for hydroxylation is 2. The number of hydrogen-bond acceptors (Lipinski definition) is 6. The predicted octanol–water partition coefficient (Wildman–Crippen LogP) is 15.2. The summed E-state index contributed by atoms with van der Waals surface area (Å²) >= 11 is 0. The van der Waals surface area contributed by atoms with Gasteiger partial charge in [0, 0.05) is 51.4 Å². The van der Waals surface area contributed by atoms with Crippen LogP contribution in [0.5, 0.6) is 23.0 Å². The molecule has 0 aromatic heterocycles.